The van der Waals surface area contributed by atoms with Gasteiger partial charge in [0, 0.05) is 41.1 Å². The van der Waals surface area contributed by atoms with Crippen LogP contribution in [0.2, 0.25) is 0 Å². The summed E-state index contributed by atoms with van der Waals surface area (Å²) in [4.78, 5) is 31.1. The van der Waals surface area contributed by atoms with E-state index in [9.17, 15) is 9.59 Å². The van der Waals surface area contributed by atoms with Crippen LogP contribution in [-0.2, 0) is 9.59 Å². The maximum Gasteiger partial charge on any atom is 0.255 e. The van der Waals surface area contributed by atoms with E-state index in [-0.39, 0.29) is 17.6 Å². The van der Waals surface area contributed by atoms with Gasteiger partial charge in [0.1, 0.15) is 5.82 Å². The predicted molar refractivity (Wildman–Crippen MR) is 128 cm³/mol. The van der Waals surface area contributed by atoms with Gasteiger partial charge in [-0.1, -0.05) is 13.0 Å². The number of benzene rings is 1. The van der Waals surface area contributed by atoms with E-state index in [1.165, 1.54) is 21.3 Å². The first-order valence-corrected chi connectivity index (χ1v) is 11.1. The van der Waals surface area contributed by atoms with Crippen molar-refractivity contribution in [3.05, 3.63) is 64.6 Å². The number of hydrogen-bond acceptors (Lipinski definition) is 7. The highest BCUT2D eigenvalue weighted by atomic mass is 16.5. The van der Waals surface area contributed by atoms with Crippen LogP contribution in [0.4, 0.5) is 5.82 Å². The third-order valence-electron chi connectivity index (χ3n) is 6.20. The Labute approximate surface area is 199 Å². The summed E-state index contributed by atoms with van der Waals surface area (Å²) in [6.07, 6.45) is 2.77. The molecule has 2 aromatic rings. The van der Waals surface area contributed by atoms with E-state index in [1.807, 2.05) is 6.92 Å². The molecular weight excluding hydrogens is 434 g/mol. The number of aromatic nitrogens is 1. The summed E-state index contributed by atoms with van der Waals surface area (Å²) in [5, 5.41) is 6.22. The topological polar surface area (TPSA) is 98.8 Å². The molecule has 1 aliphatic carbocycles. The van der Waals surface area contributed by atoms with Crippen LogP contribution >= 0.6 is 0 Å². The van der Waals surface area contributed by atoms with Crippen LogP contribution in [0.1, 0.15) is 38.2 Å². The quantitative estimate of drug-likeness (QED) is 0.669. The minimum absolute atomic E-state index is 0.0237. The number of methoxy groups -OCH3 is 3. The Kier molecular flexibility index (Phi) is 6.58. The molecule has 0 radical (unpaired) electrons. The van der Waals surface area contributed by atoms with Crippen LogP contribution in [-0.4, -0.2) is 38.0 Å². The lowest BCUT2D eigenvalue weighted by atomic mass is 9.73. The highest BCUT2D eigenvalue weighted by Gasteiger charge is 2.40. The molecule has 34 heavy (non-hydrogen) atoms. The fourth-order valence-electron chi connectivity index (χ4n) is 4.76. The molecule has 1 aromatic carbocycles. The van der Waals surface area contributed by atoms with Gasteiger partial charge in [-0.3, -0.25) is 9.59 Å². The van der Waals surface area contributed by atoms with Crippen molar-refractivity contribution >= 4 is 17.5 Å². The summed E-state index contributed by atoms with van der Waals surface area (Å²) in [5.41, 5.74) is 3.30. The average molecular weight is 464 g/mol. The lowest BCUT2D eigenvalue weighted by molar-refractivity contribution is -0.117. The van der Waals surface area contributed by atoms with Gasteiger partial charge in [0.05, 0.1) is 21.3 Å². The number of anilines is 1. The third kappa shape index (κ3) is 4.23. The summed E-state index contributed by atoms with van der Waals surface area (Å²) in [7, 11) is 4.61. The molecule has 0 saturated carbocycles. The first-order valence-electron chi connectivity index (χ1n) is 11.1. The van der Waals surface area contributed by atoms with E-state index < -0.39 is 5.92 Å². The van der Waals surface area contributed by atoms with E-state index in [1.54, 1.807) is 36.5 Å². The Hall–Kier alpha value is -3.81. The average Bonchev–Trinajstić information content (AvgIpc) is 2.82. The van der Waals surface area contributed by atoms with Gasteiger partial charge < -0.3 is 24.8 Å². The number of amides is 1. The minimum atomic E-state index is -0.603. The number of Topliss-reactive ketones (excluding diaryl/α,β-unsaturated/α-hetero) is 1. The molecular formula is C26H29N3O5. The van der Waals surface area contributed by atoms with E-state index in [0.717, 1.165) is 12.1 Å². The van der Waals surface area contributed by atoms with Crippen molar-refractivity contribution in [1.82, 2.24) is 10.3 Å². The Morgan fingerprint density at radius 2 is 1.79 bits per heavy atom. The monoisotopic (exact) mass is 463 g/mol. The Bertz CT molecular complexity index is 1160. The maximum absolute atomic E-state index is 13.6. The number of nitrogens with one attached hydrogen (secondary N) is 2. The van der Waals surface area contributed by atoms with Crippen LogP contribution in [0.25, 0.3) is 0 Å². The van der Waals surface area contributed by atoms with Gasteiger partial charge in [0.2, 0.25) is 5.75 Å². The standard InChI is InChI=1S/C26H29N3O5/c1-14-10-17-24(18(30)11-14)23(16-12-19(32-3)25(34-5)20(13-16)33-4)22(15(2)28-17)26(31)29-21-8-6-7-9-27-21/h6-9,12-14,23,28H,10-11H2,1-5H3,(H,27,29,31)/t14-,23+/m0/s1. The van der Waals surface area contributed by atoms with Gasteiger partial charge in [-0.05, 0) is 49.1 Å². The number of dihydropyridines is 1. The largest absolute Gasteiger partial charge is 0.493 e. The van der Waals surface area contributed by atoms with Gasteiger partial charge >= 0.3 is 0 Å². The fourth-order valence-corrected chi connectivity index (χ4v) is 4.76. The van der Waals surface area contributed by atoms with E-state index in [0.29, 0.717) is 51.9 Å². The maximum atomic E-state index is 13.6. The highest BCUT2D eigenvalue weighted by Crippen LogP contribution is 2.47. The second-order valence-corrected chi connectivity index (χ2v) is 8.55. The lowest BCUT2D eigenvalue weighted by Crippen LogP contribution is -2.37. The van der Waals surface area contributed by atoms with Gasteiger partial charge in [-0.2, -0.15) is 0 Å². The number of pyridine rings is 1. The molecule has 0 bridgehead atoms. The molecule has 0 spiro atoms. The molecule has 0 unspecified atom stereocenters. The number of ether oxygens (including phenoxy) is 3. The molecule has 0 fully saturated rings. The van der Waals surface area contributed by atoms with Crippen LogP contribution in [0.15, 0.2) is 59.1 Å². The molecule has 0 saturated heterocycles. The van der Waals surface area contributed by atoms with E-state index in [2.05, 4.69) is 22.5 Å². The van der Waals surface area contributed by atoms with Gasteiger partial charge in [-0.15, -0.1) is 0 Å². The number of allylic oxidation sites excluding steroid dienone is 3. The first-order chi connectivity index (χ1) is 16.4. The molecule has 1 amide bonds. The summed E-state index contributed by atoms with van der Waals surface area (Å²) >= 11 is 0. The zero-order valence-corrected chi connectivity index (χ0v) is 20.0. The molecule has 1 aromatic heterocycles. The summed E-state index contributed by atoms with van der Waals surface area (Å²) < 4.78 is 16.6. The van der Waals surface area contributed by atoms with E-state index >= 15 is 0 Å². The van der Waals surface area contributed by atoms with Crippen molar-refractivity contribution in [2.45, 2.75) is 32.6 Å². The zero-order valence-electron chi connectivity index (χ0n) is 20.0. The Morgan fingerprint density at radius 1 is 1.09 bits per heavy atom. The van der Waals surface area contributed by atoms with Crippen molar-refractivity contribution in [1.29, 1.82) is 0 Å². The number of hydrogen-bond donors (Lipinski definition) is 2. The summed E-state index contributed by atoms with van der Waals surface area (Å²) in [5.74, 6) is 1.09. The fraction of sp³-hybridized carbons (Fsp3) is 0.346. The Morgan fingerprint density at radius 3 is 2.38 bits per heavy atom. The molecule has 178 valence electrons. The van der Waals surface area contributed by atoms with E-state index in [4.69, 9.17) is 14.2 Å². The van der Waals surface area contributed by atoms with Gasteiger partial charge in [-0.25, -0.2) is 4.98 Å². The number of carbonyl (C=O) groups is 2. The second-order valence-electron chi connectivity index (χ2n) is 8.55. The smallest absolute Gasteiger partial charge is 0.255 e. The van der Waals surface area contributed by atoms with Crippen LogP contribution in [0.5, 0.6) is 17.2 Å². The summed E-state index contributed by atoms with van der Waals surface area (Å²) in [6.45, 7) is 3.91. The second kappa shape index (κ2) is 9.59. The SMILES string of the molecule is COc1cc([C@@H]2C(C(=O)Nc3ccccn3)=C(C)NC3=C2C(=O)C[C@@H](C)C3)cc(OC)c1OC. The minimum Gasteiger partial charge on any atom is -0.493 e. The first kappa shape index (κ1) is 23.4. The van der Waals surface area contributed by atoms with Gasteiger partial charge in [0.15, 0.2) is 17.3 Å². The van der Waals surface area contributed by atoms with Crippen molar-refractivity contribution in [2.24, 2.45) is 5.92 Å². The van der Waals surface area contributed by atoms with Crippen LogP contribution in [0.3, 0.4) is 0 Å². The number of rotatable bonds is 6. The van der Waals surface area contributed by atoms with Crippen LogP contribution < -0.4 is 24.8 Å². The zero-order chi connectivity index (χ0) is 24.4. The van der Waals surface area contributed by atoms with Crippen molar-refractivity contribution in [2.75, 3.05) is 26.6 Å². The normalized spacial score (nSPS) is 19.9. The molecule has 2 heterocycles. The molecule has 2 atom stereocenters. The Balaban J connectivity index is 1.89. The molecule has 8 nitrogen and oxygen atoms in total. The van der Waals surface area contributed by atoms with Crippen molar-refractivity contribution < 1.29 is 23.8 Å². The predicted octanol–water partition coefficient (Wildman–Crippen LogP) is 3.96. The lowest BCUT2D eigenvalue weighted by Gasteiger charge is -2.36. The van der Waals surface area contributed by atoms with Crippen molar-refractivity contribution in [3.63, 3.8) is 0 Å². The summed E-state index contributed by atoms with van der Waals surface area (Å²) in [6, 6.07) is 8.90. The molecule has 8 heteroatoms. The highest BCUT2D eigenvalue weighted by molar-refractivity contribution is 6.09. The molecule has 4 rings (SSSR count). The number of nitrogens with zero attached hydrogens (tertiary/aromatic N) is 1. The molecule has 2 aliphatic rings. The van der Waals surface area contributed by atoms with Crippen LogP contribution in [0, 0.1) is 5.92 Å². The molecule has 1 aliphatic heterocycles. The third-order valence-corrected chi connectivity index (χ3v) is 6.20. The van der Waals surface area contributed by atoms with Gasteiger partial charge in [0.25, 0.3) is 5.91 Å². The number of carbonyl (C=O) groups excluding carboxylic acids is 2. The van der Waals surface area contributed by atoms with Crippen molar-refractivity contribution in [3.8, 4) is 17.2 Å². The molecule has 2 N–H and O–H groups in total. The number of ketones is 1.